The minimum Gasteiger partial charge on any atom is -0.394 e. The highest BCUT2D eigenvalue weighted by Crippen LogP contribution is 2.15. The Balaban J connectivity index is 0. The van der Waals surface area contributed by atoms with Crippen molar-refractivity contribution < 1.29 is 14.9 Å². The molecule has 0 aromatic heterocycles. The molecule has 1 rings (SSSR count). The fraction of sp³-hybridized carbons (Fsp3) is 1.00. The second-order valence-corrected chi connectivity index (χ2v) is 5.19. The Morgan fingerprint density at radius 1 is 0.765 bits per heavy atom. The quantitative estimate of drug-likeness (QED) is 0.786. The fourth-order valence-electron chi connectivity index (χ4n) is 0.789. The summed E-state index contributed by atoms with van der Waals surface area (Å²) in [6, 6.07) is 0. The van der Waals surface area contributed by atoms with Crippen molar-refractivity contribution in [2.45, 2.75) is 53.4 Å². The van der Waals surface area contributed by atoms with E-state index >= 15 is 0 Å². The van der Waals surface area contributed by atoms with E-state index in [-0.39, 0.29) is 13.2 Å². The summed E-state index contributed by atoms with van der Waals surface area (Å²) in [4.78, 5) is 0. The molecule has 0 spiro atoms. The molecule has 0 unspecified atom stereocenters. The molecule has 17 heavy (non-hydrogen) atoms. The smallest absolute Gasteiger partial charge is 0.0662 e. The maximum absolute atomic E-state index is 7.62. The predicted octanol–water partition coefficient (Wildman–Crippen LogP) is 2.85. The Morgan fingerprint density at radius 3 is 1.18 bits per heavy atom. The van der Waals surface area contributed by atoms with Gasteiger partial charge in [-0.1, -0.05) is 53.4 Å². The first-order valence-corrected chi connectivity index (χ1v) is 6.84. The number of hydrogen-bond acceptors (Lipinski definition) is 3. The number of hydrogen-bond donors (Lipinski definition) is 2. The van der Waals surface area contributed by atoms with E-state index in [1.54, 1.807) is 0 Å². The molecule has 3 nitrogen and oxygen atoms in total. The molecule has 0 aliphatic heterocycles. The van der Waals surface area contributed by atoms with Gasteiger partial charge in [0.25, 0.3) is 0 Å². The van der Waals surface area contributed by atoms with Crippen LogP contribution < -0.4 is 0 Å². The van der Waals surface area contributed by atoms with Gasteiger partial charge in [-0.15, -0.1) is 0 Å². The third-order valence-electron chi connectivity index (χ3n) is 2.00. The van der Waals surface area contributed by atoms with Gasteiger partial charge in [0.05, 0.1) is 13.2 Å². The number of rotatable bonds is 5. The molecule has 0 saturated heterocycles. The van der Waals surface area contributed by atoms with Crippen molar-refractivity contribution in [2.24, 2.45) is 11.8 Å². The van der Waals surface area contributed by atoms with Crippen LogP contribution in [0.15, 0.2) is 0 Å². The largest absolute Gasteiger partial charge is 0.394 e. The van der Waals surface area contributed by atoms with Gasteiger partial charge in [-0.05, 0) is 11.8 Å². The Morgan fingerprint density at radius 2 is 1.06 bits per heavy atom. The molecule has 1 fully saturated rings. The van der Waals surface area contributed by atoms with Crippen molar-refractivity contribution in [3.05, 3.63) is 0 Å². The summed E-state index contributed by atoms with van der Waals surface area (Å²) < 4.78 is 5.36. The Hall–Kier alpha value is -0.120. The zero-order chi connectivity index (χ0) is 13.5. The summed E-state index contributed by atoms with van der Waals surface area (Å²) in [5.74, 6) is 1.34. The summed E-state index contributed by atoms with van der Waals surface area (Å²) in [5, 5.41) is 15.2. The van der Waals surface area contributed by atoms with Crippen LogP contribution in [0.4, 0.5) is 0 Å². The first-order chi connectivity index (χ1) is 8.04. The highest BCUT2D eigenvalue weighted by molar-refractivity contribution is 4.50. The van der Waals surface area contributed by atoms with Gasteiger partial charge in [0.2, 0.25) is 0 Å². The van der Waals surface area contributed by atoms with Gasteiger partial charge >= 0.3 is 0 Å². The molecule has 0 atom stereocenters. The van der Waals surface area contributed by atoms with E-state index in [4.69, 9.17) is 14.9 Å². The Bertz CT molecular complexity index is 107. The normalized spacial score (nSPS) is 13.4. The van der Waals surface area contributed by atoms with Crippen LogP contribution in [0, 0.1) is 11.8 Å². The summed E-state index contributed by atoms with van der Waals surface area (Å²) in [7, 11) is 0. The van der Waals surface area contributed by atoms with Gasteiger partial charge in [0.1, 0.15) is 0 Å². The van der Waals surface area contributed by atoms with Crippen LogP contribution in [-0.4, -0.2) is 36.6 Å². The zero-order valence-corrected chi connectivity index (χ0v) is 12.1. The number of aliphatic hydroxyl groups is 2. The molecule has 0 heterocycles. The molecule has 0 radical (unpaired) electrons. The van der Waals surface area contributed by atoms with E-state index in [0.717, 1.165) is 13.2 Å². The average molecular weight is 248 g/mol. The molecule has 3 heteroatoms. The SMILES string of the molecule is C1CCC1.CC(C)COCC(C)C.OCCO. The topological polar surface area (TPSA) is 49.7 Å². The second kappa shape index (κ2) is 15.9. The zero-order valence-electron chi connectivity index (χ0n) is 12.1. The molecule has 1 aliphatic rings. The van der Waals surface area contributed by atoms with Crippen LogP contribution in [0.2, 0.25) is 0 Å². The molecule has 0 bridgehead atoms. The maximum atomic E-state index is 7.62. The summed E-state index contributed by atoms with van der Waals surface area (Å²) in [6.07, 6.45) is 6.00. The summed E-state index contributed by atoms with van der Waals surface area (Å²) in [6.45, 7) is 10.2. The van der Waals surface area contributed by atoms with E-state index in [1.165, 1.54) is 25.7 Å². The molecule has 1 saturated carbocycles. The molecule has 0 aromatic rings. The first-order valence-electron chi connectivity index (χ1n) is 6.84. The van der Waals surface area contributed by atoms with Gasteiger partial charge in [0.15, 0.2) is 0 Å². The third-order valence-corrected chi connectivity index (χ3v) is 2.00. The van der Waals surface area contributed by atoms with Gasteiger partial charge in [-0.3, -0.25) is 0 Å². The lowest BCUT2D eigenvalue weighted by Crippen LogP contribution is -2.06. The fourth-order valence-corrected chi connectivity index (χ4v) is 0.789. The number of ether oxygens (including phenoxy) is 1. The molecule has 1 aliphatic carbocycles. The van der Waals surface area contributed by atoms with Crippen molar-refractivity contribution >= 4 is 0 Å². The molecule has 2 N–H and O–H groups in total. The van der Waals surface area contributed by atoms with Gasteiger partial charge < -0.3 is 14.9 Å². The van der Waals surface area contributed by atoms with E-state index in [2.05, 4.69) is 27.7 Å². The van der Waals surface area contributed by atoms with Crippen molar-refractivity contribution in [3.63, 3.8) is 0 Å². The number of aliphatic hydroxyl groups excluding tert-OH is 2. The van der Waals surface area contributed by atoms with Crippen LogP contribution in [0.3, 0.4) is 0 Å². The van der Waals surface area contributed by atoms with Gasteiger partial charge in [-0.25, -0.2) is 0 Å². The summed E-state index contributed by atoms with van der Waals surface area (Å²) in [5.41, 5.74) is 0. The third kappa shape index (κ3) is 25.8. The molecule has 0 amide bonds. The molecule has 0 aromatic carbocycles. The van der Waals surface area contributed by atoms with E-state index < -0.39 is 0 Å². The lowest BCUT2D eigenvalue weighted by atomic mass is 10.0. The van der Waals surface area contributed by atoms with Crippen molar-refractivity contribution in [2.75, 3.05) is 26.4 Å². The second-order valence-electron chi connectivity index (χ2n) is 5.19. The highest BCUT2D eigenvalue weighted by atomic mass is 16.5. The van der Waals surface area contributed by atoms with Gasteiger partial charge in [-0.2, -0.15) is 0 Å². The van der Waals surface area contributed by atoms with E-state index in [9.17, 15) is 0 Å². The van der Waals surface area contributed by atoms with Gasteiger partial charge in [0, 0.05) is 13.2 Å². The van der Waals surface area contributed by atoms with Crippen molar-refractivity contribution in [1.29, 1.82) is 0 Å². The van der Waals surface area contributed by atoms with Crippen LogP contribution >= 0.6 is 0 Å². The minimum absolute atomic E-state index is 0.125. The maximum Gasteiger partial charge on any atom is 0.0662 e. The molecule has 106 valence electrons. The van der Waals surface area contributed by atoms with E-state index in [0.29, 0.717) is 11.8 Å². The van der Waals surface area contributed by atoms with Crippen LogP contribution in [0.25, 0.3) is 0 Å². The lowest BCUT2D eigenvalue weighted by Gasteiger charge is -2.07. The minimum atomic E-state index is -0.125. The molecular formula is C14H32O3. The van der Waals surface area contributed by atoms with Crippen molar-refractivity contribution in [3.8, 4) is 0 Å². The van der Waals surface area contributed by atoms with Crippen molar-refractivity contribution in [1.82, 2.24) is 0 Å². The Kier molecular flexibility index (Phi) is 18.0. The first kappa shape index (κ1) is 19.2. The summed E-state index contributed by atoms with van der Waals surface area (Å²) >= 11 is 0. The van der Waals surface area contributed by atoms with Crippen LogP contribution in [-0.2, 0) is 4.74 Å². The van der Waals surface area contributed by atoms with Crippen LogP contribution in [0.5, 0.6) is 0 Å². The highest BCUT2D eigenvalue weighted by Gasteiger charge is 1.95. The standard InChI is InChI=1S/C8H18O.C4H8.C2H6O2/c1-7(2)5-9-6-8(3)4;1-2-4-3-1;3-1-2-4/h7-8H,5-6H2,1-4H3;1-4H2;3-4H,1-2H2. The predicted molar refractivity (Wildman–Crippen MR) is 73.1 cm³/mol. The molecular weight excluding hydrogens is 216 g/mol. The monoisotopic (exact) mass is 248 g/mol. The van der Waals surface area contributed by atoms with E-state index in [1.807, 2.05) is 0 Å². The lowest BCUT2D eigenvalue weighted by molar-refractivity contribution is 0.0886. The average Bonchev–Trinajstić information content (AvgIpc) is 2.14. The van der Waals surface area contributed by atoms with Crippen LogP contribution in [0.1, 0.15) is 53.4 Å². The Labute approximate surface area is 107 Å².